The minimum absolute atomic E-state index is 0.107. The van der Waals surface area contributed by atoms with E-state index in [4.69, 9.17) is 0 Å². The summed E-state index contributed by atoms with van der Waals surface area (Å²) in [5.41, 5.74) is 2.60. The SMILES string of the molecule is Cc1cc(Br)ccc1NC(=O)CNC(=O)NC(C)c1ccncc1. The van der Waals surface area contributed by atoms with Gasteiger partial charge in [-0.2, -0.15) is 0 Å². The van der Waals surface area contributed by atoms with E-state index in [1.165, 1.54) is 0 Å². The normalized spacial score (nSPS) is 11.5. The number of anilines is 1. The molecule has 1 aromatic heterocycles. The van der Waals surface area contributed by atoms with Crippen LogP contribution < -0.4 is 16.0 Å². The molecule has 3 N–H and O–H groups in total. The fourth-order valence-corrected chi connectivity index (χ4v) is 2.58. The van der Waals surface area contributed by atoms with Gasteiger partial charge < -0.3 is 16.0 Å². The van der Waals surface area contributed by atoms with Crippen LogP contribution in [0.5, 0.6) is 0 Å². The van der Waals surface area contributed by atoms with Gasteiger partial charge in [0.15, 0.2) is 0 Å². The first-order valence-corrected chi connectivity index (χ1v) is 8.25. The number of halogens is 1. The zero-order valence-electron chi connectivity index (χ0n) is 13.5. The maximum Gasteiger partial charge on any atom is 0.315 e. The first kappa shape index (κ1) is 17.9. The lowest BCUT2D eigenvalue weighted by Gasteiger charge is -2.15. The van der Waals surface area contributed by atoms with E-state index < -0.39 is 6.03 Å². The molecule has 1 aromatic carbocycles. The summed E-state index contributed by atoms with van der Waals surface area (Å²) in [5, 5.41) is 8.08. The second-order valence-corrected chi connectivity index (χ2v) is 6.25. The molecule has 0 saturated carbocycles. The molecule has 0 aliphatic rings. The Morgan fingerprint density at radius 2 is 1.92 bits per heavy atom. The highest BCUT2D eigenvalue weighted by atomic mass is 79.9. The Bertz CT molecular complexity index is 722. The molecular weight excluding hydrogens is 372 g/mol. The number of nitrogens with one attached hydrogen (secondary N) is 3. The van der Waals surface area contributed by atoms with E-state index in [-0.39, 0.29) is 18.5 Å². The number of carbonyl (C=O) groups is 2. The third-order valence-electron chi connectivity index (χ3n) is 3.43. The van der Waals surface area contributed by atoms with Gasteiger partial charge in [-0.25, -0.2) is 4.79 Å². The van der Waals surface area contributed by atoms with Crippen LogP contribution in [0.1, 0.15) is 24.1 Å². The molecule has 3 amide bonds. The number of amides is 3. The van der Waals surface area contributed by atoms with Crippen molar-refractivity contribution in [3.05, 3.63) is 58.3 Å². The number of nitrogens with zero attached hydrogens (tertiary/aromatic N) is 1. The van der Waals surface area contributed by atoms with E-state index in [1.54, 1.807) is 12.4 Å². The van der Waals surface area contributed by atoms with Crippen LogP contribution in [0.15, 0.2) is 47.2 Å². The van der Waals surface area contributed by atoms with Crippen LogP contribution in [-0.2, 0) is 4.79 Å². The van der Waals surface area contributed by atoms with Gasteiger partial charge in [0, 0.05) is 22.6 Å². The van der Waals surface area contributed by atoms with Gasteiger partial charge in [0.25, 0.3) is 0 Å². The van der Waals surface area contributed by atoms with E-state index in [1.807, 2.05) is 44.2 Å². The van der Waals surface area contributed by atoms with Crippen molar-refractivity contribution in [3.8, 4) is 0 Å². The van der Waals surface area contributed by atoms with Crippen molar-refractivity contribution in [2.75, 3.05) is 11.9 Å². The summed E-state index contributed by atoms with van der Waals surface area (Å²) >= 11 is 3.37. The molecule has 24 heavy (non-hydrogen) atoms. The summed E-state index contributed by atoms with van der Waals surface area (Å²) < 4.78 is 0.945. The molecule has 2 rings (SSSR count). The predicted octanol–water partition coefficient (Wildman–Crippen LogP) is 3.15. The molecule has 6 nitrogen and oxygen atoms in total. The number of pyridine rings is 1. The van der Waals surface area contributed by atoms with Gasteiger partial charge in [-0.3, -0.25) is 9.78 Å². The Kier molecular flexibility index (Phi) is 6.31. The van der Waals surface area contributed by atoms with Crippen molar-refractivity contribution in [2.24, 2.45) is 0 Å². The van der Waals surface area contributed by atoms with Gasteiger partial charge in [-0.05, 0) is 55.3 Å². The predicted molar refractivity (Wildman–Crippen MR) is 96.7 cm³/mol. The van der Waals surface area contributed by atoms with Crippen LogP contribution in [0.3, 0.4) is 0 Å². The third-order valence-corrected chi connectivity index (χ3v) is 3.92. The van der Waals surface area contributed by atoms with Gasteiger partial charge in [0.2, 0.25) is 5.91 Å². The highest BCUT2D eigenvalue weighted by Gasteiger charge is 2.11. The minimum atomic E-state index is -0.401. The Hall–Kier alpha value is -2.41. The standard InChI is InChI=1S/C17H19BrN4O2/c1-11-9-14(18)3-4-15(11)22-16(23)10-20-17(24)21-12(2)13-5-7-19-8-6-13/h3-9,12H,10H2,1-2H3,(H,22,23)(H2,20,21,24). The molecule has 7 heteroatoms. The summed E-state index contributed by atoms with van der Waals surface area (Å²) in [4.78, 5) is 27.7. The molecule has 0 bridgehead atoms. The number of carbonyl (C=O) groups excluding carboxylic acids is 2. The molecule has 0 fully saturated rings. The van der Waals surface area contributed by atoms with Crippen molar-refractivity contribution in [3.63, 3.8) is 0 Å². The highest BCUT2D eigenvalue weighted by molar-refractivity contribution is 9.10. The van der Waals surface area contributed by atoms with Gasteiger partial charge in [-0.1, -0.05) is 15.9 Å². The van der Waals surface area contributed by atoms with E-state index in [9.17, 15) is 9.59 Å². The number of rotatable bonds is 5. The van der Waals surface area contributed by atoms with Crippen LogP contribution in [0.2, 0.25) is 0 Å². The third kappa shape index (κ3) is 5.34. The second kappa shape index (κ2) is 8.44. The van der Waals surface area contributed by atoms with Gasteiger partial charge in [0.05, 0.1) is 12.6 Å². The smallest absolute Gasteiger partial charge is 0.315 e. The first-order valence-electron chi connectivity index (χ1n) is 7.46. The summed E-state index contributed by atoms with van der Waals surface area (Å²) in [7, 11) is 0. The highest BCUT2D eigenvalue weighted by Crippen LogP contribution is 2.19. The molecule has 0 aliphatic carbocycles. The van der Waals surface area contributed by atoms with Crippen molar-refractivity contribution >= 4 is 33.6 Å². The zero-order chi connectivity index (χ0) is 17.5. The zero-order valence-corrected chi connectivity index (χ0v) is 15.1. The molecule has 0 aliphatic heterocycles. The lowest BCUT2D eigenvalue weighted by Crippen LogP contribution is -2.41. The van der Waals surface area contributed by atoms with Crippen LogP contribution in [-0.4, -0.2) is 23.5 Å². The van der Waals surface area contributed by atoms with E-state index >= 15 is 0 Å². The topological polar surface area (TPSA) is 83.1 Å². The summed E-state index contributed by atoms with van der Waals surface area (Å²) in [6.45, 7) is 3.65. The number of hydrogen-bond acceptors (Lipinski definition) is 3. The largest absolute Gasteiger partial charge is 0.332 e. The van der Waals surface area contributed by atoms with E-state index in [0.717, 1.165) is 21.3 Å². The molecular formula is C17H19BrN4O2. The molecule has 0 spiro atoms. The second-order valence-electron chi connectivity index (χ2n) is 5.34. The fourth-order valence-electron chi connectivity index (χ4n) is 2.11. The van der Waals surface area contributed by atoms with Crippen molar-refractivity contribution in [1.82, 2.24) is 15.6 Å². The van der Waals surface area contributed by atoms with Crippen molar-refractivity contribution in [1.29, 1.82) is 0 Å². The number of aromatic nitrogens is 1. The molecule has 1 heterocycles. The summed E-state index contributed by atoms with van der Waals surface area (Å²) in [6.07, 6.45) is 3.33. The van der Waals surface area contributed by atoms with Crippen molar-refractivity contribution < 1.29 is 9.59 Å². The lowest BCUT2D eigenvalue weighted by atomic mass is 10.1. The van der Waals surface area contributed by atoms with Gasteiger partial charge in [0.1, 0.15) is 0 Å². The number of hydrogen-bond donors (Lipinski definition) is 3. The Morgan fingerprint density at radius 1 is 1.21 bits per heavy atom. The Morgan fingerprint density at radius 3 is 2.58 bits per heavy atom. The van der Waals surface area contributed by atoms with Crippen LogP contribution in [0.4, 0.5) is 10.5 Å². The molecule has 2 aromatic rings. The minimum Gasteiger partial charge on any atom is -0.332 e. The first-order chi connectivity index (χ1) is 11.5. The molecule has 1 atom stereocenters. The number of urea groups is 1. The lowest BCUT2D eigenvalue weighted by molar-refractivity contribution is -0.115. The molecule has 126 valence electrons. The monoisotopic (exact) mass is 390 g/mol. The van der Waals surface area contributed by atoms with Crippen LogP contribution in [0.25, 0.3) is 0 Å². The average Bonchev–Trinajstić information content (AvgIpc) is 2.56. The maximum absolute atomic E-state index is 11.9. The van der Waals surface area contributed by atoms with Crippen LogP contribution in [0, 0.1) is 6.92 Å². The number of aryl methyl sites for hydroxylation is 1. The summed E-state index contributed by atoms with van der Waals surface area (Å²) in [6, 6.07) is 8.64. The Labute approximate surface area is 149 Å². The van der Waals surface area contributed by atoms with Crippen molar-refractivity contribution in [2.45, 2.75) is 19.9 Å². The molecule has 0 saturated heterocycles. The average molecular weight is 391 g/mol. The summed E-state index contributed by atoms with van der Waals surface area (Å²) in [5.74, 6) is -0.285. The van der Waals surface area contributed by atoms with E-state index in [0.29, 0.717) is 0 Å². The van der Waals surface area contributed by atoms with Gasteiger partial charge >= 0.3 is 6.03 Å². The fraction of sp³-hybridized carbons (Fsp3) is 0.235. The molecule has 1 unspecified atom stereocenters. The van der Waals surface area contributed by atoms with Gasteiger partial charge in [-0.15, -0.1) is 0 Å². The number of benzene rings is 1. The van der Waals surface area contributed by atoms with E-state index in [2.05, 4.69) is 36.9 Å². The Balaban J connectivity index is 1.80. The maximum atomic E-state index is 11.9. The van der Waals surface area contributed by atoms with Crippen LogP contribution >= 0.6 is 15.9 Å². The quantitative estimate of drug-likeness (QED) is 0.732. The molecule has 0 radical (unpaired) electrons.